The summed E-state index contributed by atoms with van der Waals surface area (Å²) in [6.07, 6.45) is 0.489. The lowest BCUT2D eigenvalue weighted by molar-refractivity contribution is -0.142. The molecule has 0 aromatic rings. The summed E-state index contributed by atoms with van der Waals surface area (Å²) in [7, 11) is 0. The Morgan fingerprint density at radius 3 is 2.00 bits per heavy atom. The minimum atomic E-state index is -1.39. The summed E-state index contributed by atoms with van der Waals surface area (Å²) in [5.41, 5.74) is 5.05. The SMILES string of the molecule is CC(C)CC(NC(=O)C(CCC(=O)O)NC(=O)C1CCCN1)C(=O)NC(CCC(N)=O)C(=O)O. The molecule has 13 heteroatoms. The minimum absolute atomic E-state index is 0.0697. The fourth-order valence-electron chi connectivity index (χ4n) is 3.51. The molecule has 1 aliphatic rings. The Balaban J connectivity index is 2.93. The number of carboxylic acid groups (broad SMARTS) is 2. The summed E-state index contributed by atoms with van der Waals surface area (Å²) in [6, 6.07) is -4.21. The standard InChI is InChI=1S/C21H35N5O8/c1-11(2)10-15(20(32)25-14(21(33)34)5-7-16(22)27)26-19(31)13(6-8-17(28)29)24-18(30)12-4-3-9-23-12/h11-15,23H,3-10H2,1-2H3,(H2,22,27)(H,24,30)(H,25,32)(H,26,31)(H,28,29)(H,33,34). The number of nitrogens with one attached hydrogen (secondary N) is 4. The molecule has 0 aromatic heterocycles. The summed E-state index contributed by atoms with van der Waals surface area (Å²) in [6.45, 7) is 4.24. The van der Waals surface area contributed by atoms with Crippen LogP contribution in [0.4, 0.5) is 0 Å². The van der Waals surface area contributed by atoms with Crippen LogP contribution in [-0.2, 0) is 28.8 Å². The number of aliphatic carboxylic acids is 2. The molecular weight excluding hydrogens is 450 g/mol. The second-order valence-electron chi connectivity index (χ2n) is 8.74. The van der Waals surface area contributed by atoms with Gasteiger partial charge in [0.2, 0.25) is 23.6 Å². The Bertz CT molecular complexity index is 766. The lowest BCUT2D eigenvalue weighted by Gasteiger charge is -2.26. The van der Waals surface area contributed by atoms with E-state index in [1.54, 1.807) is 13.8 Å². The van der Waals surface area contributed by atoms with E-state index in [1.807, 2.05) is 0 Å². The van der Waals surface area contributed by atoms with Crippen molar-refractivity contribution in [2.45, 2.75) is 83.0 Å². The van der Waals surface area contributed by atoms with E-state index in [4.69, 9.17) is 10.8 Å². The Labute approximate surface area is 197 Å². The molecule has 0 spiro atoms. The second kappa shape index (κ2) is 14.1. The van der Waals surface area contributed by atoms with Crippen LogP contribution in [0, 0.1) is 5.92 Å². The van der Waals surface area contributed by atoms with Crippen molar-refractivity contribution in [2.24, 2.45) is 11.7 Å². The summed E-state index contributed by atoms with van der Waals surface area (Å²) >= 11 is 0. The molecule has 4 atom stereocenters. The topological polar surface area (TPSA) is 217 Å². The zero-order valence-electron chi connectivity index (χ0n) is 19.5. The average molecular weight is 486 g/mol. The van der Waals surface area contributed by atoms with Crippen LogP contribution in [0.5, 0.6) is 0 Å². The van der Waals surface area contributed by atoms with Gasteiger partial charge in [-0.2, -0.15) is 0 Å². The number of hydrogen-bond acceptors (Lipinski definition) is 7. The van der Waals surface area contributed by atoms with Gasteiger partial charge in [-0.15, -0.1) is 0 Å². The molecule has 0 bridgehead atoms. The van der Waals surface area contributed by atoms with Crippen LogP contribution in [0.3, 0.4) is 0 Å². The van der Waals surface area contributed by atoms with E-state index in [0.29, 0.717) is 13.0 Å². The maximum atomic E-state index is 12.9. The first-order valence-corrected chi connectivity index (χ1v) is 11.3. The highest BCUT2D eigenvalue weighted by Crippen LogP contribution is 2.10. The predicted molar refractivity (Wildman–Crippen MR) is 119 cm³/mol. The molecule has 0 aromatic carbocycles. The Morgan fingerprint density at radius 2 is 1.50 bits per heavy atom. The first kappa shape index (κ1) is 28.8. The van der Waals surface area contributed by atoms with E-state index in [2.05, 4.69) is 21.3 Å². The van der Waals surface area contributed by atoms with Gasteiger partial charge in [-0.1, -0.05) is 13.8 Å². The zero-order chi connectivity index (χ0) is 25.8. The van der Waals surface area contributed by atoms with E-state index in [1.165, 1.54) is 0 Å². The molecule has 1 fully saturated rings. The number of nitrogens with two attached hydrogens (primary N) is 1. The van der Waals surface area contributed by atoms with Crippen LogP contribution in [0.25, 0.3) is 0 Å². The Morgan fingerprint density at radius 1 is 0.912 bits per heavy atom. The maximum absolute atomic E-state index is 12.9. The van der Waals surface area contributed by atoms with Crippen molar-refractivity contribution in [2.75, 3.05) is 6.54 Å². The number of amides is 4. The summed E-state index contributed by atoms with van der Waals surface area (Å²) in [5.74, 6) is -5.27. The van der Waals surface area contributed by atoms with Crippen molar-refractivity contribution < 1.29 is 39.0 Å². The third kappa shape index (κ3) is 10.6. The molecule has 8 N–H and O–H groups in total. The maximum Gasteiger partial charge on any atom is 0.326 e. The van der Waals surface area contributed by atoms with E-state index in [-0.39, 0.29) is 38.0 Å². The largest absolute Gasteiger partial charge is 0.481 e. The van der Waals surface area contributed by atoms with Crippen molar-refractivity contribution in [3.8, 4) is 0 Å². The van der Waals surface area contributed by atoms with Gasteiger partial charge in [-0.05, 0) is 44.6 Å². The third-order valence-electron chi connectivity index (χ3n) is 5.29. The third-order valence-corrected chi connectivity index (χ3v) is 5.29. The van der Waals surface area contributed by atoms with E-state index < -0.39 is 59.7 Å². The molecule has 0 radical (unpaired) electrons. The lowest BCUT2D eigenvalue weighted by Crippen LogP contribution is -2.57. The van der Waals surface area contributed by atoms with Crippen molar-refractivity contribution in [1.29, 1.82) is 0 Å². The van der Waals surface area contributed by atoms with Gasteiger partial charge in [-0.25, -0.2) is 4.79 Å². The Hall–Kier alpha value is -3.22. The number of carbonyl (C=O) groups is 6. The molecule has 1 heterocycles. The van der Waals surface area contributed by atoms with Gasteiger partial charge >= 0.3 is 11.9 Å². The lowest BCUT2D eigenvalue weighted by atomic mass is 10.0. The van der Waals surface area contributed by atoms with Gasteiger partial charge in [0.15, 0.2) is 0 Å². The molecular formula is C21H35N5O8. The van der Waals surface area contributed by atoms with Gasteiger partial charge in [-0.3, -0.25) is 24.0 Å². The van der Waals surface area contributed by atoms with Crippen molar-refractivity contribution in [1.82, 2.24) is 21.3 Å². The van der Waals surface area contributed by atoms with Crippen LogP contribution in [-0.4, -0.2) is 76.5 Å². The molecule has 13 nitrogen and oxygen atoms in total. The monoisotopic (exact) mass is 485 g/mol. The molecule has 0 saturated carbocycles. The number of rotatable bonds is 15. The van der Waals surface area contributed by atoms with E-state index >= 15 is 0 Å². The summed E-state index contributed by atoms with van der Waals surface area (Å²) in [4.78, 5) is 71.7. The second-order valence-corrected chi connectivity index (χ2v) is 8.74. The molecule has 0 aliphatic carbocycles. The first-order valence-electron chi connectivity index (χ1n) is 11.3. The van der Waals surface area contributed by atoms with Crippen molar-refractivity contribution >= 4 is 35.6 Å². The van der Waals surface area contributed by atoms with Crippen LogP contribution in [0.15, 0.2) is 0 Å². The average Bonchev–Trinajstić information content (AvgIpc) is 3.27. The van der Waals surface area contributed by atoms with Crippen LogP contribution < -0.4 is 27.0 Å². The highest BCUT2D eigenvalue weighted by Gasteiger charge is 2.32. The number of carboxylic acids is 2. The van der Waals surface area contributed by atoms with Crippen molar-refractivity contribution in [3.63, 3.8) is 0 Å². The van der Waals surface area contributed by atoms with Crippen LogP contribution in [0.2, 0.25) is 0 Å². The summed E-state index contributed by atoms with van der Waals surface area (Å²) in [5, 5.41) is 28.7. The fourth-order valence-corrected chi connectivity index (χ4v) is 3.51. The van der Waals surface area contributed by atoms with Gasteiger partial charge in [0.1, 0.15) is 18.1 Å². The quantitative estimate of drug-likeness (QED) is 0.143. The highest BCUT2D eigenvalue weighted by atomic mass is 16.4. The molecule has 1 aliphatic heterocycles. The summed E-state index contributed by atoms with van der Waals surface area (Å²) < 4.78 is 0. The van der Waals surface area contributed by atoms with Crippen LogP contribution >= 0.6 is 0 Å². The van der Waals surface area contributed by atoms with Gasteiger partial charge in [0.05, 0.1) is 6.04 Å². The molecule has 4 amide bonds. The molecule has 4 unspecified atom stereocenters. The molecule has 1 saturated heterocycles. The number of primary amides is 1. The fraction of sp³-hybridized carbons (Fsp3) is 0.714. The Kier molecular flexibility index (Phi) is 12.0. The smallest absolute Gasteiger partial charge is 0.326 e. The highest BCUT2D eigenvalue weighted by molar-refractivity contribution is 5.94. The normalized spacial score (nSPS) is 17.9. The molecule has 1 rings (SSSR count). The van der Waals surface area contributed by atoms with Crippen molar-refractivity contribution in [3.05, 3.63) is 0 Å². The van der Waals surface area contributed by atoms with Gasteiger partial charge in [0.25, 0.3) is 0 Å². The first-order chi connectivity index (χ1) is 15.9. The predicted octanol–water partition coefficient (Wildman–Crippen LogP) is -1.55. The van der Waals surface area contributed by atoms with Gasteiger partial charge in [0, 0.05) is 12.8 Å². The molecule has 192 valence electrons. The zero-order valence-corrected chi connectivity index (χ0v) is 19.5. The minimum Gasteiger partial charge on any atom is -0.481 e. The van der Waals surface area contributed by atoms with E-state index in [0.717, 1.165) is 6.42 Å². The van der Waals surface area contributed by atoms with Crippen LogP contribution in [0.1, 0.15) is 58.8 Å². The number of carbonyl (C=O) groups excluding carboxylic acids is 4. The number of hydrogen-bond donors (Lipinski definition) is 7. The van der Waals surface area contributed by atoms with Gasteiger partial charge < -0.3 is 37.2 Å². The van der Waals surface area contributed by atoms with E-state index in [9.17, 15) is 33.9 Å². The molecule has 34 heavy (non-hydrogen) atoms.